The monoisotopic (exact) mass is 605 g/mol. The lowest BCUT2D eigenvalue weighted by molar-refractivity contribution is -0.145. The molecule has 10 nitrogen and oxygen atoms in total. The van der Waals surface area contributed by atoms with Gasteiger partial charge in [0.15, 0.2) is 0 Å². The molecule has 6 rings (SSSR count). The van der Waals surface area contributed by atoms with Gasteiger partial charge in [-0.05, 0) is 36.2 Å². The third-order valence-electron chi connectivity index (χ3n) is 8.56. The Labute approximate surface area is 253 Å². The number of anilines is 1. The minimum Gasteiger partial charge on any atom is -0.463 e. The lowest BCUT2D eigenvalue weighted by Crippen LogP contribution is -2.56. The summed E-state index contributed by atoms with van der Waals surface area (Å²) in [5, 5.41) is 13.4. The van der Waals surface area contributed by atoms with Crippen LogP contribution in [0, 0.1) is 11.8 Å². The van der Waals surface area contributed by atoms with Gasteiger partial charge in [-0.2, -0.15) is 0 Å². The molecule has 4 aliphatic heterocycles. The van der Waals surface area contributed by atoms with Crippen LogP contribution >= 0.6 is 11.6 Å². The zero-order chi connectivity index (χ0) is 30.1. The molecule has 0 unspecified atom stereocenters. The van der Waals surface area contributed by atoms with Gasteiger partial charge in [-0.3, -0.25) is 19.2 Å². The van der Waals surface area contributed by atoms with Crippen LogP contribution in [-0.2, 0) is 28.7 Å². The Hall–Kier alpha value is -3.99. The van der Waals surface area contributed by atoms with E-state index in [9.17, 15) is 24.3 Å². The van der Waals surface area contributed by atoms with Gasteiger partial charge in [0.05, 0.1) is 30.6 Å². The third-order valence-corrected chi connectivity index (χ3v) is 8.81. The number of ether oxygens (including phenoxy) is 2. The molecule has 6 atom stereocenters. The number of halogens is 1. The molecule has 3 amide bonds. The van der Waals surface area contributed by atoms with Crippen LogP contribution in [-0.4, -0.2) is 77.7 Å². The lowest BCUT2D eigenvalue weighted by atomic mass is 9.74. The number of nitrogens with one attached hydrogen (secondary N) is 1. The first-order valence-corrected chi connectivity index (χ1v) is 14.7. The first kappa shape index (κ1) is 29.1. The highest BCUT2D eigenvalue weighted by Crippen LogP contribution is 2.55. The number of aliphatic hydroxyl groups is 1. The number of esters is 1. The van der Waals surface area contributed by atoms with E-state index < -0.39 is 59.3 Å². The normalized spacial score (nSPS) is 31.6. The molecule has 0 radical (unpaired) electrons. The van der Waals surface area contributed by atoms with Crippen molar-refractivity contribution < 1.29 is 33.8 Å². The summed E-state index contributed by atoms with van der Waals surface area (Å²) < 4.78 is 12.0. The van der Waals surface area contributed by atoms with Gasteiger partial charge >= 0.3 is 5.97 Å². The Morgan fingerprint density at radius 2 is 1.77 bits per heavy atom. The van der Waals surface area contributed by atoms with Crippen LogP contribution in [0.5, 0.6) is 0 Å². The van der Waals surface area contributed by atoms with Gasteiger partial charge in [-0.1, -0.05) is 66.2 Å². The molecule has 0 aliphatic carbocycles. The van der Waals surface area contributed by atoms with Gasteiger partial charge in [0.2, 0.25) is 11.8 Å². The summed E-state index contributed by atoms with van der Waals surface area (Å²) in [5.41, 5.74) is -0.112. The highest BCUT2D eigenvalue weighted by atomic mass is 35.5. The largest absolute Gasteiger partial charge is 0.463 e. The number of fused-ring (bicyclic) bond motifs is 2. The van der Waals surface area contributed by atoms with E-state index in [1.165, 1.54) is 9.80 Å². The number of β-amino-alcohol motifs (C(OH)–C–C–N with tert-alkyl or cyclic N) is 1. The molecule has 4 heterocycles. The maximum Gasteiger partial charge on any atom is 0.306 e. The molecule has 2 saturated heterocycles. The zero-order valence-corrected chi connectivity index (χ0v) is 24.1. The number of allylic oxidation sites excluding steroid dienone is 1. The minimum absolute atomic E-state index is 0.0851. The van der Waals surface area contributed by atoms with Crippen molar-refractivity contribution in [2.45, 2.75) is 36.6 Å². The van der Waals surface area contributed by atoms with Crippen molar-refractivity contribution >= 4 is 41.0 Å². The van der Waals surface area contributed by atoms with Crippen molar-refractivity contribution in [3.8, 4) is 0 Å². The number of carbonyl (C=O) groups is 4. The summed E-state index contributed by atoms with van der Waals surface area (Å²) in [4.78, 5) is 58.0. The second kappa shape index (κ2) is 11.9. The van der Waals surface area contributed by atoms with Crippen LogP contribution in [0.1, 0.15) is 24.4 Å². The number of hydrogen-bond acceptors (Lipinski definition) is 7. The minimum atomic E-state index is -1.40. The molecule has 2 fully saturated rings. The molecule has 5 bridgehead atoms. The smallest absolute Gasteiger partial charge is 0.306 e. The number of nitrogens with zero attached hydrogens (tertiary/aromatic N) is 2. The number of hydrogen-bond donors (Lipinski definition) is 2. The highest BCUT2D eigenvalue weighted by molar-refractivity contribution is 6.30. The van der Waals surface area contributed by atoms with Crippen LogP contribution in [0.3, 0.4) is 0 Å². The fourth-order valence-corrected chi connectivity index (χ4v) is 6.73. The van der Waals surface area contributed by atoms with E-state index in [2.05, 4.69) is 5.32 Å². The van der Waals surface area contributed by atoms with Crippen molar-refractivity contribution in [2.75, 3.05) is 31.2 Å². The number of amides is 3. The maximum absolute atomic E-state index is 14.5. The molecular weight excluding hydrogens is 574 g/mol. The number of rotatable bonds is 4. The highest BCUT2D eigenvalue weighted by Gasteiger charge is 2.73. The van der Waals surface area contributed by atoms with Crippen LogP contribution in [0.25, 0.3) is 0 Å². The molecule has 2 N–H and O–H groups in total. The molecule has 0 saturated carbocycles. The summed E-state index contributed by atoms with van der Waals surface area (Å²) in [6, 6.07) is 14.1. The van der Waals surface area contributed by atoms with Gasteiger partial charge in [0, 0.05) is 30.2 Å². The summed E-state index contributed by atoms with van der Waals surface area (Å²) in [6.07, 6.45) is 6.80. The van der Waals surface area contributed by atoms with Crippen molar-refractivity contribution in [1.29, 1.82) is 0 Å². The summed E-state index contributed by atoms with van der Waals surface area (Å²) in [5.74, 6) is -3.65. The van der Waals surface area contributed by atoms with Crippen LogP contribution < -0.4 is 10.2 Å². The van der Waals surface area contributed by atoms with Gasteiger partial charge in [-0.15, -0.1) is 0 Å². The van der Waals surface area contributed by atoms with Gasteiger partial charge in [0.1, 0.15) is 18.2 Å². The predicted molar refractivity (Wildman–Crippen MR) is 157 cm³/mol. The summed E-state index contributed by atoms with van der Waals surface area (Å²) >= 11 is 6.12. The Balaban J connectivity index is 1.42. The quantitative estimate of drug-likeness (QED) is 0.405. The fourth-order valence-electron chi connectivity index (χ4n) is 6.61. The number of likely N-dealkylation sites (tertiary alicyclic amines) is 1. The number of benzene rings is 2. The zero-order valence-electron chi connectivity index (χ0n) is 23.3. The van der Waals surface area contributed by atoms with Crippen LogP contribution in [0.4, 0.5) is 5.69 Å². The molecule has 224 valence electrons. The second-order valence-corrected chi connectivity index (χ2v) is 11.5. The van der Waals surface area contributed by atoms with Gasteiger partial charge < -0.3 is 29.7 Å². The predicted octanol–water partition coefficient (Wildman–Crippen LogP) is 2.57. The SMILES string of the molecule is O=C1CC/C=C\CN(c2ccc(Cl)cc2)C(=O)[C@@H]2N(CCO)C(=O)[C@H]3[C@H](C(=O)N[C@H](c4ccccc4)CO1)[C@@H]1C=C[C@]23O1. The van der Waals surface area contributed by atoms with Crippen molar-refractivity contribution in [3.05, 3.63) is 89.5 Å². The number of aliphatic hydroxyl groups excluding tert-OH is 1. The molecule has 2 aromatic rings. The van der Waals surface area contributed by atoms with Gasteiger partial charge in [0.25, 0.3) is 5.91 Å². The Kier molecular flexibility index (Phi) is 8.09. The van der Waals surface area contributed by atoms with E-state index in [0.717, 1.165) is 5.56 Å². The Bertz CT molecular complexity index is 1460. The average Bonchev–Trinajstić information content (AvgIpc) is 3.65. The van der Waals surface area contributed by atoms with Crippen molar-refractivity contribution in [2.24, 2.45) is 11.8 Å². The van der Waals surface area contributed by atoms with Crippen molar-refractivity contribution in [3.63, 3.8) is 0 Å². The first-order chi connectivity index (χ1) is 20.8. The molecule has 43 heavy (non-hydrogen) atoms. The van der Waals surface area contributed by atoms with E-state index in [4.69, 9.17) is 21.1 Å². The average molecular weight is 606 g/mol. The van der Waals surface area contributed by atoms with Crippen molar-refractivity contribution in [1.82, 2.24) is 10.2 Å². The third kappa shape index (κ3) is 5.24. The second-order valence-electron chi connectivity index (χ2n) is 11.0. The number of cyclic esters (lactones) is 1. The standard InChI is InChI=1S/C32H32ClN3O7/c33-21-10-12-22(13-11-21)35-16-6-2-5-9-25(38)42-19-23(20-7-3-1-4-8-20)34-29(39)26-24-14-15-32(43-24)27(26)30(40)36(17-18-37)28(32)31(35)41/h1-4,6-8,10-15,23-24,26-28,37H,5,9,16-19H2,(H,34,39)/b6-2-/t23-,24-,26+,27+,28-,32+/m0/s1. The maximum atomic E-state index is 14.5. The Morgan fingerprint density at radius 1 is 1.00 bits per heavy atom. The molecule has 11 heteroatoms. The first-order valence-electron chi connectivity index (χ1n) is 14.4. The van der Waals surface area contributed by atoms with Crippen LogP contribution in [0.2, 0.25) is 5.02 Å². The van der Waals surface area contributed by atoms with Crippen LogP contribution in [0.15, 0.2) is 78.9 Å². The summed E-state index contributed by atoms with van der Waals surface area (Å²) in [6.45, 7) is -0.416. The molecule has 0 aromatic heterocycles. The van der Waals surface area contributed by atoms with E-state index in [1.54, 1.807) is 48.6 Å². The van der Waals surface area contributed by atoms with E-state index >= 15 is 0 Å². The van der Waals surface area contributed by atoms with Gasteiger partial charge in [-0.25, -0.2) is 0 Å². The molecule has 2 aromatic carbocycles. The lowest BCUT2D eigenvalue weighted by Gasteiger charge is -2.35. The topological polar surface area (TPSA) is 125 Å². The number of carbonyl (C=O) groups excluding carboxylic acids is 4. The Morgan fingerprint density at radius 3 is 2.51 bits per heavy atom. The van der Waals surface area contributed by atoms with E-state index in [-0.39, 0.29) is 32.7 Å². The summed E-state index contributed by atoms with van der Waals surface area (Å²) in [7, 11) is 0. The molecule has 4 aliphatic rings. The molecule has 1 spiro atoms. The fraction of sp³-hybridized carbons (Fsp3) is 0.375. The molecular formula is C32H32ClN3O7. The van der Waals surface area contributed by atoms with E-state index in [1.807, 2.05) is 30.3 Å². The van der Waals surface area contributed by atoms with E-state index in [0.29, 0.717) is 17.1 Å².